The molecule has 1 aliphatic rings. The van der Waals surface area contributed by atoms with Gasteiger partial charge in [0.1, 0.15) is 17.0 Å². The summed E-state index contributed by atoms with van der Waals surface area (Å²) in [5.41, 5.74) is 1.37. The van der Waals surface area contributed by atoms with Gasteiger partial charge in [0.2, 0.25) is 0 Å². The Balaban J connectivity index is 1.95. The molecule has 0 spiro atoms. The summed E-state index contributed by atoms with van der Waals surface area (Å²) in [4.78, 5) is 44.2. The van der Waals surface area contributed by atoms with Crippen molar-refractivity contribution in [2.24, 2.45) is 0 Å². The average molecular weight is 562 g/mol. The van der Waals surface area contributed by atoms with Gasteiger partial charge >= 0.3 is 18.0 Å². The molecule has 0 bridgehead atoms. The van der Waals surface area contributed by atoms with Crippen LogP contribution in [0.4, 0.5) is 16.3 Å². The first-order valence-electron chi connectivity index (χ1n) is 11.6. The van der Waals surface area contributed by atoms with Crippen molar-refractivity contribution < 1.29 is 28.6 Å². The lowest BCUT2D eigenvalue weighted by Gasteiger charge is -2.32. The molecule has 0 atom stereocenters. The zero-order chi connectivity index (χ0) is 26.8. The second kappa shape index (κ2) is 10.5. The van der Waals surface area contributed by atoms with Gasteiger partial charge in [-0.3, -0.25) is 5.32 Å². The van der Waals surface area contributed by atoms with Crippen LogP contribution < -0.4 is 10.2 Å². The predicted molar refractivity (Wildman–Crippen MR) is 139 cm³/mol. The molecule has 1 N–H and O–H groups in total. The van der Waals surface area contributed by atoms with Crippen molar-refractivity contribution in [2.75, 3.05) is 23.9 Å². The van der Waals surface area contributed by atoms with Gasteiger partial charge in [-0.25, -0.2) is 19.4 Å². The fourth-order valence-electron chi connectivity index (χ4n) is 3.78. The van der Waals surface area contributed by atoms with E-state index in [0.29, 0.717) is 46.6 Å². The predicted octanol–water partition coefficient (Wildman–Crippen LogP) is 5.50. The summed E-state index contributed by atoms with van der Waals surface area (Å²) in [6.45, 7) is 11.6. The molecule has 1 aromatic heterocycles. The third-order valence-electron chi connectivity index (χ3n) is 5.20. The molecule has 1 aromatic carbocycles. The first-order valence-corrected chi connectivity index (χ1v) is 12.4. The minimum absolute atomic E-state index is 0.168. The number of anilines is 2. The Morgan fingerprint density at radius 2 is 1.61 bits per heavy atom. The summed E-state index contributed by atoms with van der Waals surface area (Å²) in [5.74, 6) is -0.450. The van der Waals surface area contributed by atoms with Gasteiger partial charge in [0.05, 0.1) is 17.1 Å². The van der Waals surface area contributed by atoms with Gasteiger partial charge in [0.15, 0.2) is 5.69 Å². The zero-order valence-electron chi connectivity index (χ0n) is 21.7. The molecule has 10 heteroatoms. The maximum atomic E-state index is 12.7. The van der Waals surface area contributed by atoms with Crippen LogP contribution in [0, 0.1) is 0 Å². The smallest absolute Gasteiger partial charge is 0.412 e. The summed E-state index contributed by atoms with van der Waals surface area (Å²) in [6.07, 6.45) is -0.0558. The number of carbonyl (C=O) groups is 3. The van der Waals surface area contributed by atoms with Crippen molar-refractivity contribution in [3.63, 3.8) is 0 Å². The number of ether oxygens (including phenoxy) is 3. The van der Waals surface area contributed by atoms with Gasteiger partial charge in [-0.15, -0.1) is 0 Å². The Kier molecular flexibility index (Phi) is 7.97. The molecule has 0 radical (unpaired) electrons. The van der Waals surface area contributed by atoms with Crippen molar-refractivity contribution >= 4 is 45.5 Å². The lowest BCUT2D eigenvalue weighted by atomic mass is 9.93. The molecule has 9 nitrogen and oxygen atoms in total. The van der Waals surface area contributed by atoms with Crippen molar-refractivity contribution in [1.82, 2.24) is 4.98 Å². The zero-order valence-corrected chi connectivity index (χ0v) is 23.2. The molecule has 1 amide bonds. The lowest BCUT2D eigenvalue weighted by molar-refractivity contribution is 0.00613. The number of benzene rings is 1. The summed E-state index contributed by atoms with van der Waals surface area (Å²) in [5, 5.41) is 2.80. The summed E-state index contributed by atoms with van der Waals surface area (Å²) >= 11 is 3.39. The number of hydrogen-bond donors (Lipinski definition) is 1. The number of rotatable bonds is 4. The lowest BCUT2D eigenvalue weighted by Crippen LogP contribution is -2.34. The number of pyridine rings is 1. The third-order valence-corrected chi connectivity index (χ3v) is 5.84. The van der Waals surface area contributed by atoms with Crippen LogP contribution in [0.15, 0.2) is 28.7 Å². The number of nitrogens with zero attached hydrogens (tertiary/aromatic N) is 2. The van der Waals surface area contributed by atoms with E-state index in [9.17, 15) is 14.4 Å². The minimum Gasteiger partial charge on any atom is -0.465 e. The maximum absolute atomic E-state index is 12.7. The van der Waals surface area contributed by atoms with E-state index in [1.54, 1.807) is 65.8 Å². The molecule has 0 fully saturated rings. The molecule has 0 unspecified atom stereocenters. The Labute approximate surface area is 219 Å². The number of hydrogen-bond acceptors (Lipinski definition) is 8. The first-order chi connectivity index (χ1) is 16.7. The van der Waals surface area contributed by atoms with Crippen LogP contribution in [-0.4, -0.2) is 47.9 Å². The number of nitrogens with one attached hydrogen (secondary N) is 1. The van der Waals surface area contributed by atoms with Crippen LogP contribution >= 0.6 is 15.9 Å². The number of methoxy groups -OCH3 is 1. The van der Waals surface area contributed by atoms with Gasteiger partial charge in [0, 0.05) is 18.8 Å². The molecule has 3 rings (SSSR count). The van der Waals surface area contributed by atoms with E-state index >= 15 is 0 Å². The van der Waals surface area contributed by atoms with E-state index in [0.717, 1.165) is 5.56 Å². The highest BCUT2D eigenvalue weighted by Gasteiger charge is 2.28. The standard InChI is InChI=1S/C26H32BrN3O6/c1-25(2,3)35-23(32)21-18(27)9-11-20(29-21)30-13-12-15-17(14-30)16(22(31)34-7)8-10-19(15)28-24(33)36-26(4,5)6/h8-11H,12-14H2,1-7H3,(H,28,33). The van der Waals surface area contributed by atoms with Gasteiger partial charge in [-0.1, -0.05) is 0 Å². The second-order valence-electron chi connectivity index (χ2n) is 10.4. The molecule has 36 heavy (non-hydrogen) atoms. The van der Waals surface area contributed by atoms with E-state index < -0.39 is 29.2 Å². The van der Waals surface area contributed by atoms with E-state index in [4.69, 9.17) is 14.2 Å². The normalized spacial score (nSPS) is 13.5. The maximum Gasteiger partial charge on any atom is 0.412 e. The minimum atomic E-state index is -0.661. The fourth-order valence-corrected chi connectivity index (χ4v) is 4.16. The van der Waals surface area contributed by atoms with Gasteiger partial charge in [0.25, 0.3) is 0 Å². The number of fused-ring (bicyclic) bond motifs is 1. The molecule has 0 saturated heterocycles. The SMILES string of the molecule is COC(=O)c1ccc(NC(=O)OC(C)(C)C)c2c1CN(c1ccc(Br)c(C(=O)OC(C)(C)C)n1)CC2. The highest BCUT2D eigenvalue weighted by Crippen LogP contribution is 2.33. The Morgan fingerprint density at radius 3 is 2.22 bits per heavy atom. The monoisotopic (exact) mass is 561 g/mol. The van der Waals surface area contributed by atoms with Crippen molar-refractivity contribution in [1.29, 1.82) is 0 Å². The van der Waals surface area contributed by atoms with Crippen LogP contribution in [0.3, 0.4) is 0 Å². The van der Waals surface area contributed by atoms with Crippen LogP contribution in [0.1, 0.15) is 73.5 Å². The molecule has 2 heterocycles. The Hall–Kier alpha value is -3.14. The van der Waals surface area contributed by atoms with Gasteiger partial charge in [-0.2, -0.15) is 0 Å². The largest absolute Gasteiger partial charge is 0.465 e. The van der Waals surface area contributed by atoms with Gasteiger partial charge in [-0.05, 0) is 99.3 Å². The quantitative estimate of drug-likeness (QED) is 0.385. The molecule has 1 aliphatic heterocycles. The van der Waals surface area contributed by atoms with E-state index in [2.05, 4.69) is 26.2 Å². The van der Waals surface area contributed by atoms with Crippen molar-refractivity contribution in [3.05, 3.63) is 51.1 Å². The fraction of sp³-hybridized carbons (Fsp3) is 0.462. The van der Waals surface area contributed by atoms with Crippen LogP contribution in [-0.2, 0) is 27.2 Å². The number of carbonyl (C=O) groups excluding carboxylic acids is 3. The molecular weight excluding hydrogens is 530 g/mol. The van der Waals surface area contributed by atoms with E-state index in [1.807, 2.05) is 4.90 Å². The molecule has 0 aliphatic carbocycles. The highest BCUT2D eigenvalue weighted by atomic mass is 79.9. The van der Waals surface area contributed by atoms with Gasteiger partial charge < -0.3 is 19.1 Å². The third kappa shape index (κ3) is 6.75. The number of aromatic nitrogens is 1. The second-order valence-corrected chi connectivity index (χ2v) is 11.3. The molecule has 0 saturated carbocycles. The number of esters is 2. The summed E-state index contributed by atoms with van der Waals surface area (Å²) < 4.78 is 16.4. The van der Waals surface area contributed by atoms with Crippen LogP contribution in [0.5, 0.6) is 0 Å². The molecular formula is C26H32BrN3O6. The molecule has 2 aromatic rings. The van der Waals surface area contributed by atoms with E-state index in [1.165, 1.54) is 7.11 Å². The first kappa shape index (κ1) is 27.4. The van der Waals surface area contributed by atoms with Crippen molar-refractivity contribution in [3.8, 4) is 0 Å². The highest BCUT2D eigenvalue weighted by molar-refractivity contribution is 9.10. The summed E-state index contributed by atoms with van der Waals surface area (Å²) in [7, 11) is 1.32. The number of halogens is 1. The Morgan fingerprint density at radius 1 is 0.944 bits per heavy atom. The average Bonchev–Trinajstić information content (AvgIpc) is 2.76. The van der Waals surface area contributed by atoms with Crippen LogP contribution in [0.25, 0.3) is 0 Å². The van der Waals surface area contributed by atoms with E-state index in [-0.39, 0.29) is 5.69 Å². The van der Waals surface area contributed by atoms with Crippen molar-refractivity contribution in [2.45, 2.75) is 65.7 Å². The Bertz CT molecular complexity index is 1180. The van der Waals surface area contributed by atoms with Crippen LogP contribution in [0.2, 0.25) is 0 Å². The number of amides is 1. The summed E-state index contributed by atoms with van der Waals surface area (Å²) in [6, 6.07) is 6.85. The topological polar surface area (TPSA) is 107 Å². The molecule has 194 valence electrons.